The van der Waals surface area contributed by atoms with Crippen molar-refractivity contribution in [2.75, 3.05) is 0 Å². The zero-order valence-electron chi connectivity index (χ0n) is 16.1. The monoisotopic (exact) mass is 447 g/mol. The summed E-state index contributed by atoms with van der Waals surface area (Å²) in [5.41, 5.74) is -6.39. The molecule has 0 aliphatic rings. The normalized spacial score (nSPS) is 11.1. The summed E-state index contributed by atoms with van der Waals surface area (Å²) < 4.78 is 44.3. The van der Waals surface area contributed by atoms with E-state index in [2.05, 4.69) is 4.98 Å². The van der Waals surface area contributed by atoms with Gasteiger partial charge in [0, 0.05) is 4.90 Å². The maximum Gasteiger partial charge on any atom is 1.00 e. The van der Waals surface area contributed by atoms with Crippen LogP contribution in [0.3, 0.4) is 0 Å². The number of aryl methyl sites for hydroxylation is 1. The van der Waals surface area contributed by atoms with Crippen LogP contribution in [0.2, 0.25) is 0 Å². The van der Waals surface area contributed by atoms with E-state index in [4.69, 9.17) is 4.74 Å². The summed E-state index contributed by atoms with van der Waals surface area (Å²) in [6, 6.07) is 9.81. The molecule has 3 rings (SSSR count). The van der Waals surface area contributed by atoms with Gasteiger partial charge in [-0.05, 0) is 79.4 Å². The van der Waals surface area contributed by atoms with Crippen molar-refractivity contribution in [1.82, 2.24) is 14.1 Å². The molecule has 0 saturated heterocycles. The van der Waals surface area contributed by atoms with Crippen molar-refractivity contribution in [2.45, 2.75) is 17.3 Å². The third-order valence-electron chi connectivity index (χ3n) is 3.85. The molecule has 0 fully saturated rings. The number of nitrogens with zero attached hydrogens (tertiary/aromatic N) is 3. The molecule has 0 unspecified atom stereocenters. The standard InChI is InChI=1S/C18H14F3N3O4S.Na/c1-10-9-11(24-16(26)22-15(25)23(2)17(24)27)3-8-14(10)28-12-4-6-13(7-5-12)29-18(19,20)21;/h3-9H,1-2H3,(H,22,25,26);/q;+1/p-1. The molecular formula is C18H13F3N3NaO4S. The maximum absolute atomic E-state index is 12.4. The average molecular weight is 447 g/mol. The summed E-state index contributed by atoms with van der Waals surface area (Å²) in [6.07, 6.45) is 0. The number of rotatable bonds is 4. The third kappa shape index (κ3) is 5.48. The Morgan fingerprint density at radius 2 is 1.63 bits per heavy atom. The van der Waals surface area contributed by atoms with E-state index < -0.39 is 22.6 Å². The van der Waals surface area contributed by atoms with Crippen LogP contribution in [0.4, 0.5) is 13.2 Å². The molecule has 152 valence electrons. The topological polar surface area (TPSA) is 84.4 Å². The minimum atomic E-state index is -4.37. The number of halogens is 3. The molecule has 1 aromatic heterocycles. The Balaban J connectivity index is 0.00000320. The van der Waals surface area contributed by atoms with Gasteiger partial charge >= 0.3 is 35.1 Å². The van der Waals surface area contributed by atoms with Crippen molar-refractivity contribution in [3.8, 4) is 17.2 Å². The Hall–Kier alpha value is -2.21. The Labute approximate surface area is 193 Å². The van der Waals surface area contributed by atoms with Gasteiger partial charge in [-0.15, -0.1) is 0 Å². The molecule has 12 heteroatoms. The Morgan fingerprint density at radius 3 is 2.20 bits per heavy atom. The van der Waals surface area contributed by atoms with E-state index >= 15 is 0 Å². The van der Waals surface area contributed by atoms with Crippen LogP contribution in [-0.4, -0.2) is 14.6 Å². The zero-order chi connectivity index (χ0) is 21.3. The van der Waals surface area contributed by atoms with E-state index in [1.165, 1.54) is 49.5 Å². The van der Waals surface area contributed by atoms with Crippen molar-refractivity contribution in [1.29, 1.82) is 0 Å². The molecule has 0 aliphatic heterocycles. The second kappa shape index (κ2) is 9.29. The fraction of sp³-hybridized carbons (Fsp3) is 0.167. The number of alkyl halides is 3. The predicted molar refractivity (Wildman–Crippen MR) is 100 cm³/mol. The number of benzene rings is 2. The Kier molecular flexibility index (Phi) is 7.45. The maximum atomic E-state index is 12.4. The van der Waals surface area contributed by atoms with Gasteiger partial charge in [-0.2, -0.15) is 13.2 Å². The number of ether oxygens (including phenoxy) is 1. The minimum absolute atomic E-state index is 0. The first-order chi connectivity index (χ1) is 13.5. The van der Waals surface area contributed by atoms with Gasteiger partial charge in [0.1, 0.15) is 11.5 Å². The first-order valence-electron chi connectivity index (χ1n) is 8.07. The molecule has 1 heterocycles. The van der Waals surface area contributed by atoms with Crippen molar-refractivity contribution >= 4 is 11.8 Å². The second-order valence-corrected chi connectivity index (χ2v) is 7.06. The summed E-state index contributed by atoms with van der Waals surface area (Å²) in [4.78, 5) is 38.9. The number of hydrogen-bond donors (Lipinski definition) is 0. The van der Waals surface area contributed by atoms with Crippen molar-refractivity contribution in [3.05, 3.63) is 79.5 Å². The molecule has 0 bridgehead atoms. The van der Waals surface area contributed by atoms with E-state index in [1.54, 1.807) is 6.92 Å². The summed E-state index contributed by atoms with van der Waals surface area (Å²) >= 11 is -0.224. The van der Waals surface area contributed by atoms with Gasteiger partial charge in [-0.25, -0.2) is 0 Å². The summed E-state index contributed by atoms with van der Waals surface area (Å²) in [6.45, 7) is 1.66. The molecule has 3 aromatic rings. The van der Waals surface area contributed by atoms with Crippen molar-refractivity contribution in [2.24, 2.45) is 7.05 Å². The molecular weight excluding hydrogens is 434 g/mol. The van der Waals surface area contributed by atoms with Gasteiger partial charge in [-0.1, -0.05) is 0 Å². The largest absolute Gasteiger partial charge is 1.00 e. The van der Waals surface area contributed by atoms with Crippen LogP contribution in [0.15, 0.2) is 61.7 Å². The first-order valence-corrected chi connectivity index (χ1v) is 8.88. The smallest absolute Gasteiger partial charge is 0.457 e. The second-order valence-electron chi connectivity index (χ2n) is 5.93. The van der Waals surface area contributed by atoms with E-state index in [0.717, 1.165) is 4.57 Å². The minimum Gasteiger partial charge on any atom is -0.457 e. The Bertz CT molecular complexity index is 1230. The molecule has 7 nitrogen and oxygen atoms in total. The van der Waals surface area contributed by atoms with Crippen LogP contribution in [0.5, 0.6) is 11.5 Å². The summed E-state index contributed by atoms with van der Waals surface area (Å²) in [5.74, 6) is 0.695. The van der Waals surface area contributed by atoms with E-state index in [0.29, 0.717) is 21.6 Å². The number of hydrogen-bond acceptors (Lipinski definition) is 5. The van der Waals surface area contributed by atoms with Crippen LogP contribution >= 0.6 is 11.8 Å². The van der Waals surface area contributed by atoms with Crippen LogP contribution < -0.4 is 56.3 Å². The average Bonchev–Trinajstić information content (AvgIpc) is 2.62. The molecule has 0 atom stereocenters. The first kappa shape index (κ1) is 24.1. The van der Waals surface area contributed by atoms with Gasteiger partial charge in [0.15, 0.2) is 0 Å². The van der Waals surface area contributed by atoms with Crippen LogP contribution in [0, 0.1) is 6.92 Å². The van der Waals surface area contributed by atoms with Gasteiger partial charge < -0.3 is 13.9 Å². The summed E-state index contributed by atoms with van der Waals surface area (Å²) in [7, 11) is 1.21. The molecule has 0 amide bonds. The van der Waals surface area contributed by atoms with Gasteiger partial charge in [0.2, 0.25) is 17.1 Å². The van der Waals surface area contributed by atoms with Crippen molar-refractivity contribution in [3.63, 3.8) is 0 Å². The molecule has 30 heavy (non-hydrogen) atoms. The van der Waals surface area contributed by atoms with Gasteiger partial charge in [-0.3, -0.25) is 19.4 Å². The van der Waals surface area contributed by atoms with Crippen LogP contribution in [-0.2, 0) is 7.05 Å². The van der Waals surface area contributed by atoms with Gasteiger partial charge in [0.25, 0.3) is 0 Å². The quantitative estimate of drug-likeness (QED) is 0.399. The number of aromatic nitrogens is 3. The van der Waals surface area contributed by atoms with Crippen LogP contribution in [0.25, 0.3) is 5.69 Å². The SMILES string of the molecule is Cc1cc(-n2c(=O)[n-]c(=O)n(C)c2=O)ccc1Oc1ccc(SC(F)(F)F)cc1.[Na+]. The molecule has 2 aromatic carbocycles. The molecule has 0 radical (unpaired) electrons. The number of thioether (sulfide) groups is 1. The third-order valence-corrected chi connectivity index (χ3v) is 4.59. The fourth-order valence-corrected chi connectivity index (χ4v) is 3.00. The van der Waals surface area contributed by atoms with Crippen molar-refractivity contribution < 1.29 is 47.5 Å². The Morgan fingerprint density at radius 1 is 1.00 bits per heavy atom. The predicted octanol–water partition coefficient (Wildman–Crippen LogP) is -0.430. The fourth-order valence-electron chi connectivity index (χ4n) is 2.46. The van der Waals surface area contributed by atoms with Crippen LogP contribution in [0.1, 0.15) is 5.56 Å². The van der Waals surface area contributed by atoms with Gasteiger partial charge in [0.05, 0.1) is 0 Å². The molecule has 0 spiro atoms. The molecule has 0 aliphatic carbocycles. The van der Waals surface area contributed by atoms with E-state index in [9.17, 15) is 27.6 Å². The van der Waals surface area contributed by atoms with E-state index in [-0.39, 0.29) is 51.9 Å². The molecule has 0 saturated carbocycles. The molecule has 0 N–H and O–H groups in total. The zero-order valence-corrected chi connectivity index (χ0v) is 18.9. The summed E-state index contributed by atoms with van der Waals surface area (Å²) in [5, 5.41) is 0. The van der Waals surface area contributed by atoms with E-state index in [1.807, 2.05) is 0 Å².